The van der Waals surface area contributed by atoms with E-state index in [0.29, 0.717) is 30.4 Å². The van der Waals surface area contributed by atoms with Gasteiger partial charge in [-0.25, -0.2) is 9.97 Å². The zero-order valence-electron chi connectivity index (χ0n) is 11.3. The van der Waals surface area contributed by atoms with E-state index in [-0.39, 0.29) is 12.3 Å². The van der Waals surface area contributed by atoms with Crippen LogP contribution in [0, 0.1) is 6.92 Å². The summed E-state index contributed by atoms with van der Waals surface area (Å²) < 4.78 is 5.12. The number of anilines is 1. The average molecular weight is 280 g/mol. The monoisotopic (exact) mass is 280 g/mol. The maximum Gasteiger partial charge on any atom is 0.305 e. The van der Waals surface area contributed by atoms with Crippen LogP contribution >= 0.6 is 0 Å². The van der Waals surface area contributed by atoms with Crippen molar-refractivity contribution >= 4 is 17.7 Å². The summed E-state index contributed by atoms with van der Waals surface area (Å²) in [6, 6.07) is -0.778. The molecule has 0 bridgehead atoms. The van der Waals surface area contributed by atoms with Gasteiger partial charge in [0.25, 0.3) is 0 Å². The molecule has 1 saturated heterocycles. The summed E-state index contributed by atoms with van der Waals surface area (Å²) in [6.07, 6.45) is 1.06. The van der Waals surface area contributed by atoms with Gasteiger partial charge in [-0.2, -0.15) is 0 Å². The summed E-state index contributed by atoms with van der Waals surface area (Å²) >= 11 is 0. The van der Waals surface area contributed by atoms with Crippen molar-refractivity contribution in [1.82, 2.24) is 15.3 Å². The van der Waals surface area contributed by atoms with Gasteiger partial charge in [0.2, 0.25) is 11.8 Å². The molecule has 0 aromatic carbocycles. The average Bonchev–Trinajstić information content (AvgIpc) is 2.41. The van der Waals surface area contributed by atoms with Crippen LogP contribution < -0.4 is 15.0 Å². The SMILES string of the molecule is COc1ncnc(N2CCNC(=O)C2CC(=O)O)c1C. The molecule has 1 unspecified atom stereocenters. The highest BCUT2D eigenvalue weighted by atomic mass is 16.5. The predicted octanol–water partition coefficient (Wildman–Crippen LogP) is -0.427. The lowest BCUT2D eigenvalue weighted by atomic mass is 10.1. The zero-order chi connectivity index (χ0) is 14.7. The minimum atomic E-state index is -1.03. The minimum Gasteiger partial charge on any atom is -0.481 e. The van der Waals surface area contributed by atoms with Gasteiger partial charge in [0.15, 0.2) is 0 Å². The Labute approximate surface area is 115 Å². The molecule has 0 aliphatic carbocycles. The highest BCUT2D eigenvalue weighted by Crippen LogP contribution is 2.26. The molecule has 20 heavy (non-hydrogen) atoms. The molecule has 8 heteroatoms. The van der Waals surface area contributed by atoms with E-state index < -0.39 is 12.0 Å². The van der Waals surface area contributed by atoms with Gasteiger partial charge >= 0.3 is 5.97 Å². The number of nitrogens with zero attached hydrogens (tertiary/aromatic N) is 3. The Bertz CT molecular complexity index is 534. The first-order valence-electron chi connectivity index (χ1n) is 6.16. The van der Waals surface area contributed by atoms with E-state index >= 15 is 0 Å². The number of carboxylic acids is 1. The number of ether oxygens (including phenoxy) is 1. The molecule has 2 heterocycles. The van der Waals surface area contributed by atoms with Crippen molar-refractivity contribution in [2.75, 3.05) is 25.1 Å². The summed E-state index contributed by atoms with van der Waals surface area (Å²) in [5.41, 5.74) is 0.681. The third kappa shape index (κ3) is 2.63. The molecule has 0 saturated carbocycles. The molecule has 2 rings (SSSR count). The summed E-state index contributed by atoms with van der Waals surface area (Å²) in [5, 5.41) is 11.6. The molecule has 0 radical (unpaired) electrons. The molecular weight excluding hydrogens is 264 g/mol. The van der Waals surface area contributed by atoms with Gasteiger partial charge in [-0.15, -0.1) is 0 Å². The highest BCUT2D eigenvalue weighted by Gasteiger charge is 2.33. The van der Waals surface area contributed by atoms with Gasteiger partial charge in [-0.1, -0.05) is 0 Å². The zero-order valence-corrected chi connectivity index (χ0v) is 11.3. The van der Waals surface area contributed by atoms with Crippen LogP contribution in [0.3, 0.4) is 0 Å². The molecule has 2 N–H and O–H groups in total. The third-order valence-electron chi connectivity index (χ3n) is 3.18. The lowest BCUT2D eigenvalue weighted by Crippen LogP contribution is -2.56. The molecule has 1 aromatic rings. The topological polar surface area (TPSA) is 105 Å². The number of hydrogen-bond donors (Lipinski definition) is 2. The summed E-state index contributed by atoms with van der Waals surface area (Å²) in [4.78, 5) is 32.7. The Kier molecular flexibility index (Phi) is 4.02. The third-order valence-corrected chi connectivity index (χ3v) is 3.18. The maximum atomic E-state index is 11.9. The van der Waals surface area contributed by atoms with Crippen LogP contribution in [0.15, 0.2) is 6.33 Å². The standard InChI is InChI=1S/C12H16N4O4/c1-7-10(14-6-15-12(7)20-2)16-4-3-13-11(19)8(16)5-9(17)18/h6,8H,3-5H2,1-2H3,(H,13,19)(H,17,18). The number of methoxy groups -OCH3 is 1. The van der Waals surface area contributed by atoms with Crippen LogP contribution in [-0.4, -0.2) is 53.2 Å². The first-order chi connectivity index (χ1) is 9.54. The molecule has 1 aliphatic heterocycles. The van der Waals surface area contributed by atoms with E-state index in [0.717, 1.165) is 0 Å². The molecule has 108 valence electrons. The van der Waals surface area contributed by atoms with Crippen LogP contribution in [-0.2, 0) is 9.59 Å². The summed E-state index contributed by atoms with van der Waals surface area (Å²) in [5.74, 6) is -0.403. The number of carbonyl (C=O) groups excluding carboxylic acids is 1. The first-order valence-corrected chi connectivity index (χ1v) is 6.16. The second kappa shape index (κ2) is 5.72. The fraction of sp³-hybridized carbons (Fsp3) is 0.500. The fourth-order valence-electron chi connectivity index (χ4n) is 2.26. The number of amides is 1. The van der Waals surface area contributed by atoms with Crippen molar-refractivity contribution in [3.63, 3.8) is 0 Å². The van der Waals surface area contributed by atoms with Crippen LogP contribution in [0.1, 0.15) is 12.0 Å². The van der Waals surface area contributed by atoms with Gasteiger partial charge in [0.1, 0.15) is 18.2 Å². The quantitative estimate of drug-likeness (QED) is 0.771. The summed E-state index contributed by atoms with van der Waals surface area (Å²) in [7, 11) is 1.50. The number of aromatic nitrogens is 2. The lowest BCUT2D eigenvalue weighted by Gasteiger charge is -2.35. The van der Waals surface area contributed by atoms with Gasteiger partial charge in [0.05, 0.1) is 19.1 Å². The Balaban J connectivity index is 2.37. The molecule has 8 nitrogen and oxygen atoms in total. The number of carboxylic acid groups (broad SMARTS) is 1. The molecule has 1 aliphatic rings. The van der Waals surface area contributed by atoms with Gasteiger partial charge < -0.3 is 20.1 Å². The van der Waals surface area contributed by atoms with Gasteiger partial charge in [-0.3, -0.25) is 9.59 Å². The molecule has 1 aromatic heterocycles. The molecule has 0 spiro atoms. The smallest absolute Gasteiger partial charge is 0.305 e. The van der Waals surface area contributed by atoms with Crippen molar-refractivity contribution in [3.8, 4) is 5.88 Å². The first kappa shape index (κ1) is 14.0. The van der Waals surface area contributed by atoms with Gasteiger partial charge in [-0.05, 0) is 6.92 Å². The fourth-order valence-corrected chi connectivity index (χ4v) is 2.26. The van der Waals surface area contributed by atoms with E-state index in [1.54, 1.807) is 11.8 Å². The Morgan fingerprint density at radius 2 is 2.35 bits per heavy atom. The number of piperazine rings is 1. The predicted molar refractivity (Wildman–Crippen MR) is 69.7 cm³/mol. The van der Waals surface area contributed by atoms with Crippen molar-refractivity contribution < 1.29 is 19.4 Å². The van der Waals surface area contributed by atoms with Crippen LogP contribution in [0.5, 0.6) is 5.88 Å². The minimum absolute atomic E-state index is 0.280. The highest BCUT2D eigenvalue weighted by molar-refractivity contribution is 5.90. The van der Waals surface area contributed by atoms with Crippen LogP contribution in [0.2, 0.25) is 0 Å². The Hall–Kier alpha value is -2.38. The second-order valence-electron chi connectivity index (χ2n) is 4.43. The molecular formula is C12H16N4O4. The van der Waals surface area contributed by atoms with E-state index in [9.17, 15) is 9.59 Å². The van der Waals surface area contributed by atoms with E-state index in [2.05, 4.69) is 15.3 Å². The van der Waals surface area contributed by atoms with Gasteiger partial charge in [0, 0.05) is 13.1 Å². The number of aliphatic carboxylic acids is 1. The Morgan fingerprint density at radius 3 is 3.00 bits per heavy atom. The van der Waals surface area contributed by atoms with Crippen molar-refractivity contribution in [3.05, 3.63) is 11.9 Å². The summed E-state index contributed by atoms with van der Waals surface area (Å²) in [6.45, 7) is 2.71. The maximum absolute atomic E-state index is 11.9. The largest absolute Gasteiger partial charge is 0.481 e. The van der Waals surface area contributed by atoms with E-state index in [1.807, 2.05) is 0 Å². The van der Waals surface area contributed by atoms with Crippen LogP contribution in [0.4, 0.5) is 5.82 Å². The van der Waals surface area contributed by atoms with E-state index in [4.69, 9.17) is 9.84 Å². The van der Waals surface area contributed by atoms with Crippen molar-refractivity contribution in [2.45, 2.75) is 19.4 Å². The Morgan fingerprint density at radius 1 is 1.60 bits per heavy atom. The number of carbonyl (C=O) groups is 2. The van der Waals surface area contributed by atoms with Crippen molar-refractivity contribution in [2.24, 2.45) is 0 Å². The van der Waals surface area contributed by atoms with E-state index in [1.165, 1.54) is 13.4 Å². The van der Waals surface area contributed by atoms with Crippen molar-refractivity contribution in [1.29, 1.82) is 0 Å². The lowest BCUT2D eigenvalue weighted by molar-refractivity contribution is -0.139. The number of rotatable bonds is 4. The molecule has 1 fully saturated rings. The molecule has 1 amide bonds. The van der Waals surface area contributed by atoms with Crippen LogP contribution in [0.25, 0.3) is 0 Å². The number of hydrogen-bond acceptors (Lipinski definition) is 6. The normalized spacial score (nSPS) is 18.6. The number of nitrogens with one attached hydrogen (secondary N) is 1. The molecule has 1 atom stereocenters. The second-order valence-corrected chi connectivity index (χ2v) is 4.43.